The van der Waals surface area contributed by atoms with Crippen LogP contribution in [0.4, 0.5) is 11.4 Å². The third kappa shape index (κ3) is 5.91. The van der Waals surface area contributed by atoms with Crippen LogP contribution >= 0.6 is 23.2 Å². The minimum atomic E-state index is -3.82. The van der Waals surface area contributed by atoms with Crippen molar-refractivity contribution < 1.29 is 17.9 Å². The predicted octanol–water partition coefficient (Wildman–Crippen LogP) is 5.51. The molecule has 3 aromatic carbocycles. The summed E-state index contributed by atoms with van der Waals surface area (Å²) in [6.07, 6.45) is -0.767. The van der Waals surface area contributed by atoms with E-state index < -0.39 is 16.1 Å². The third-order valence-electron chi connectivity index (χ3n) is 4.44. The molecular weight excluding hydrogens is 459 g/mol. The van der Waals surface area contributed by atoms with Gasteiger partial charge < -0.3 is 10.1 Å². The van der Waals surface area contributed by atoms with Crippen LogP contribution in [0.25, 0.3) is 0 Å². The van der Waals surface area contributed by atoms with Crippen LogP contribution in [0.3, 0.4) is 0 Å². The molecule has 0 spiro atoms. The predicted molar refractivity (Wildman–Crippen MR) is 124 cm³/mol. The summed E-state index contributed by atoms with van der Waals surface area (Å²) in [6.45, 7) is 3.34. The number of carbonyl (C=O) groups is 1. The average Bonchev–Trinajstić information content (AvgIpc) is 2.73. The van der Waals surface area contributed by atoms with Gasteiger partial charge in [-0.2, -0.15) is 0 Å². The van der Waals surface area contributed by atoms with Crippen molar-refractivity contribution in [2.45, 2.75) is 24.8 Å². The van der Waals surface area contributed by atoms with Gasteiger partial charge in [-0.3, -0.25) is 9.52 Å². The maximum absolute atomic E-state index is 12.7. The lowest BCUT2D eigenvalue weighted by Crippen LogP contribution is -2.30. The fourth-order valence-electron chi connectivity index (χ4n) is 2.65. The van der Waals surface area contributed by atoms with Crippen molar-refractivity contribution in [1.82, 2.24) is 0 Å². The van der Waals surface area contributed by atoms with Gasteiger partial charge in [-0.1, -0.05) is 29.3 Å². The van der Waals surface area contributed by atoms with Crippen LogP contribution in [-0.2, 0) is 14.8 Å². The molecule has 0 saturated carbocycles. The maximum Gasteiger partial charge on any atom is 0.265 e. The second-order valence-corrected chi connectivity index (χ2v) is 9.27. The highest BCUT2D eigenvalue weighted by atomic mass is 35.5. The molecule has 0 aromatic heterocycles. The van der Waals surface area contributed by atoms with Gasteiger partial charge in [-0.05, 0) is 80.1 Å². The van der Waals surface area contributed by atoms with Gasteiger partial charge in [0, 0.05) is 15.7 Å². The number of rotatable bonds is 7. The molecule has 162 valence electrons. The Bertz CT molecular complexity index is 1180. The number of nitrogens with one attached hydrogen (secondary N) is 2. The summed E-state index contributed by atoms with van der Waals surface area (Å²) in [4.78, 5) is 12.4. The van der Waals surface area contributed by atoms with Crippen molar-refractivity contribution in [1.29, 1.82) is 0 Å². The third-order valence-corrected chi connectivity index (χ3v) is 6.48. The minimum absolute atomic E-state index is 0.0512. The van der Waals surface area contributed by atoms with Gasteiger partial charge in [-0.25, -0.2) is 8.42 Å². The standard InChI is InChI=1S/C22H20Cl2N2O4S/c1-14-20(24)4-3-5-21(14)26-31(28,29)19-12-8-17(9-13-19)25-22(27)15(2)30-18-10-6-16(23)7-11-18/h3-13,15,26H,1-2H3,(H,25,27)/t15-/m0/s1. The van der Waals surface area contributed by atoms with Gasteiger partial charge in [0.2, 0.25) is 0 Å². The smallest absolute Gasteiger partial charge is 0.265 e. The number of carbonyl (C=O) groups excluding carboxylic acids is 1. The normalized spacial score (nSPS) is 12.1. The molecule has 0 fully saturated rings. The summed E-state index contributed by atoms with van der Waals surface area (Å²) in [5, 5.41) is 3.73. The topological polar surface area (TPSA) is 84.5 Å². The molecule has 31 heavy (non-hydrogen) atoms. The summed E-state index contributed by atoms with van der Waals surface area (Å²) < 4.78 is 33.4. The van der Waals surface area contributed by atoms with Crippen LogP contribution in [0.2, 0.25) is 10.0 Å². The Balaban J connectivity index is 1.65. The zero-order valence-electron chi connectivity index (χ0n) is 16.7. The highest BCUT2D eigenvalue weighted by Crippen LogP contribution is 2.26. The van der Waals surface area contributed by atoms with Crippen molar-refractivity contribution in [3.05, 3.63) is 82.3 Å². The van der Waals surface area contributed by atoms with E-state index in [4.69, 9.17) is 27.9 Å². The summed E-state index contributed by atoms with van der Waals surface area (Å²) in [7, 11) is -3.82. The van der Waals surface area contributed by atoms with Crippen molar-refractivity contribution in [2.24, 2.45) is 0 Å². The first-order valence-electron chi connectivity index (χ1n) is 9.27. The Kier molecular flexibility index (Phi) is 7.10. The fraction of sp³-hybridized carbons (Fsp3) is 0.136. The Morgan fingerprint density at radius 1 is 0.968 bits per heavy atom. The molecular formula is C22H20Cl2N2O4S. The maximum atomic E-state index is 12.7. The molecule has 0 radical (unpaired) electrons. The van der Waals surface area contributed by atoms with E-state index in [-0.39, 0.29) is 10.8 Å². The molecule has 9 heteroatoms. The van der Waals surface area contributed by atoms with Crippen molar-refractivity contribution in [3.8, 4) is 5.75 Å². The Morgan fingerprint density at radius 2 is 1.61 bits per heavy atom. The molecule has 3 aromatic rings. The first kappa shape index (κ1) is 22.9. The van der Waals surface area contributed by atoms with E-state index in [0.29, 0.717) is 32.7 Å². The van der Waals surface area contributed by atoms with Gasteiger partial charge in [0.1, 0.15) is 5.75 Å². The van der Waals surface area contributed by atoms with E-state index in [0.717, 1.165) is 0 Å². The summed E-state index contributed by atoms with van der Waals surface area (Å²) in [5.74, 6) is 0.133. The Morgan fingerprint density at radius 3 is 2.26 bits per heavy atom. The fourth-order valence-corrected chi connectivity index (χ4v) is 4.08. The van der Waals surface area contributed by atoms with Crippen LogP contribution in [-0.4, -0.2) is 20.4 Å². The van der Waals surface area contributed by atoms with Crippen LogP contribution in [0.1, 0.15) is 12.5 Å². The van der Waals surface area contributed by atoms with E-state index in [1.54, 1.807) is 56.3 Å². The number of hydrogen-bond donors (Lipinski definition) is 2. The Labute approximate surface area is 191 Å². The summed E-state index contributed by atoms with van der Waals surface area (Å²) >= 11 is 11.9. The molecule has 0 bridgehead atoms. The number of anilines is 2. The lowest BCUT2D eigenvalue weighted by Gasteiger charge is -2.15. The number of ether oxygens (including phenoxy) is 1. The molecule has 1 amide bonds. The summed E-state index contributed by atoms with van der Waals surface area (Å²) in [6, 6.07) is 17.5. The molecule has 3 rings (SSSR count). The molecule has 0 unspecified atom stereocenters. The largest absolute Gasteiger partial charge is 0.481 e. The van der Waals surface area contributed by atoms with Gasteiger partial charge >= 0.3 is 0 Å². The molecule has 0 aliphatic carbocycles. The van der Waals surface area contributed by atoms with Crippen LogP contribution < -0.4 is 14.8 Å². The second-order valence-electron chi connectivity index (χ2n) is 6.75. The average molecular weight is 479 g/mol. The molecule has 6 nitrogen and oxygen atoms in total. The summed E-state index contributed by atoms with van der Waals surface area (Å²) in [5.41, 5.74) is 1.47. The van der Waals surface area contributed by atoms with Gasteiger partial charge in [-0.15, -0.1) is 0 Å². The van der Waals surface area contributed by atoms with E-state index in [1.165, 1.54) is 24.3 Å². The van der Waals surface area contributed by atoms with Crippen molar-refractivity contribution in [3.63, 3.8) is 0 Å². The van der Waals surface area contributed by atoms with E-state index in [9.17, 15) is 13.2 Å². The monoisotopic (exact) mass is 478 g/mol. The number of amides is 1. The van der Waals surface area contributed by atoms with Crippen LogP contribution in [0.5, 0.6) is 5.75 Å². The lowest BCUT2D eigenvalue weighted by atomic mass is 10.2. The zero-order chi connectivity index (χ0) is 22.6. The highest BCUT2D eigenvalue weighted by molar-refractivity contribution is 7.92. The van der Waals surface area contributed by atoms with Crippen molar-refractivity contribution >= 4 is 50.5 Å². The molecule has 1 atom stereocenters. The zero-order valence-corrected chi connectivity index (χ0v) is 19.1. The van der Waals surface area contributed by atoms with E-state index in [1.807, 2.05) is 0 Å². The van der Waals surface area contributed by atoms with Crippen LogP contribution in [0.15, 0.2) is 71.6 Å². The first-order chi connectivity index (χ1) is 14.7. The minimum Gasteiger partial charge on any atom is -0.481 e. The molecule has 0 aliphatic rings. The Hall–Kier alpha value is -2.74. The van der Waals surface area contributed by atoms with E-state index in [2.05, 4.69) is 10.0 Å². The number of hydrogen-bond acceptors (Lipinski definition) is 4. The number of sulfonamides is 1. The van der Waals surface area contributed by atoms with E-state index >= 15 is 0 Å². The van der Waals surface area contributed by atoms with Crippen molar-refractivity contribution in [2.75, 3.05) is 10.0 Å². The van der Waals surface area contributed by atoms with Gasteiger partial charge in [0.05, 0.1) is 10.6 Å². The first-order valence-corrected chi connectivity index (χ1v) is 11.5. The molecule has 0 saturated heterocycles. The van der Waals surface area contributed by atoms with Crippen LogP contribution in [0, 0.1) is 6.92 Å². The number of benzene rings is 3. The number of halogens is 2. The SMILES string of the molecule is Cc1c(Cl)cccc1NS(=O)(=O)c1ccc(NC(=O)[C@H](C)Oc2ccc(Cl)cc2)cc1. The van der Waals surface area contributed by atoms with Gasteiger partial charge in [0.25, 0.3) is 15.9 Å². The molecule has 0 heterocycles. The van der Waals surface area contributed by atoms with Gasteiger partial charge in [0.15, 0.2) is 6.10 Å². The quantitative estimate of drug-likeness (QED) is 0.468. The molecule has 0 aliphatic heterocycles. The second kappa shape index (κ2) is 9.60. The lowest BCUT2D eigenvalue weighted by molar-refractivity contribution is -0.122. The molecule has 2 N–H and O–H groups in total. The highest BCUT2D eigenvalue weighted by Gasteiger charge is 2.18.